The van der Waals surface area contributed by atoms with Crippen LogP contribution in [0.25, 0.3) is 11.1 Å². The van der Waals surface area contributed by atoms with Crippen molar-refractivity contribution in [3.8, 4) is 11.1 Å². The van der Waals surface area contributed by atoms with Crippen LogP contribution in [-0.4, -0.2) is 75.7 Å². The number of methoxy groups -OCH3 is 1. The van der Waals surface area contributed by atoms with Crippen LogP contribution < -0.4 is 10.7 Å². The standard InChI is InChI=1S/C42H49N5O6/c1-41(2,3)37(45-40(51)53-4)38(49)46-47(28-30-17-19-31(20-18-30)33-15-10-22-43-26-33)23-11-21-42(52,25-29-12-6-5-7-13-29)39(50)44-27-35-34-16-9-8-14-32(34)24-36(35)48/h5-10,12-20,22,26-27,35-37,48,52H,11,21,23-25,28H2,1-4H3,(H,45,51)(H,46,49)/t35?,36-,37-,42-/m1/s1. The Morgan fingerprint density at radius 3 is 2.36 bits per heavy atom. The number of carbonyl (C=O) groups excluding carboxylic acids is 3. The van der Waals surface area contributed by atoms with Gasteiger partial charge in [0, 0.05) is 44.0 Å². The quantitative estimate of drug-likeness (QED) is 0.0998. The second-order valence-corrected chi connectivity index (χ2v) is 14.6. The fourth-order valence-corrected chi connectivity index (χ4v) is 6.62. The number of rotatable bonds is 14. The highest BCUT2D eigenvalue weighted by Gasteiger charge is 2.38. The lowest BCUT2D eigenvalue weighted by atomic mass is 9.86. The van der Waals surface area contributed by atoms with E-state index < -0.39 is 47.0 Å². The van der Waals surface area contributed by atoms with Crippen LogP contribution in [0.3, 0.4) is 0 Å². The number of carbonyl (C=O) groups is 3. The number of aromatic nitrogens is 1. The predicted molar refractivity (Wildman–Crippen MR) is 204 cm³/mol. The summed E-state index contributed by atoms with van der Waals surface area (Å²) in [6, 6.07) is 27.8. The van der Waals surface area contributed by atoms with E-state index in [0.29, 0.717) is 19.4 Å². The van der Waals surface area contributed by atoms with Crippen LogP contribution in [-0.2, 0) is 33.7 Å². The van der Waals surface area contributed by atoms with Crippen molar-refractivity contribution in [1.29, 1.82) is 0 Å². The number of aliphatic hydroxyl groups excluding tert-OH is 1. The lowest BCUT2D eigenvalue weighted by Gasteiger charge is -2.33. The van der Waals surface area contributed by atoms with Crippen molar-refractivity contribution in [3.05, 3.63) is 126 Å². The highest BCUT2D eigenvalue weighted by atomic mass is 16.5. The molecule has 0 fully saturated rings. The number of hydrazine groups is 1. The Morgan fingerprint density at radius 1 is 0.962 bits per heavy atom. The van der Waals surface area contributed by atoms with Crippen LogP contribution in [0.1, 0.15) is 61.8 Å². The zero-order valence-corrected chi connectivity index (χ0v) is 30.7. The molecule has 0 bridgehead atoms. The molecule has 4 N–H and O–H groups in total. The maximum atomic E-state index is 13.8. The zero-order valence-electron chi connectivity index (χ0n) is 30.7. The maximum Gasteiger partial charge on any atom is 0.407 e. The third-order valence-electron chi connectivity index (χ3n) is 9.53. The van der Waals surface area contributed by atoms with E-state index in [2.05, 4.69) is 20.7 Å². The minimum absolute atomic E-state index is 0.0329. The average molecular weight is 720 g/mol. The summed E-state index contributed by atoms with van der Waals surface area (Å²) in [5, 5.41) is 27.1. The highest BCUT2D eigenvalue weighted by molar-refractivity contribution is 5.93. The number of fused-ring (bicyclic) bond motifs is 1. The molecule has 11 heteroatoms. The predicted octanol–water partition coefficient (Wildman–Crippen LogP) is 5.40. The first kappa shape index (κ1) is 39.0. The van der Waals surface area contributed by atoms with Crippen LogP contribution in [0, 0.1) is 5.41 Å². The molecule has 53 heavy (non-hydrogen) atoms. The van der Waals surface area contributed by atoms with Crippen LogP contribution in [0.15, 0.2) is 108 Å². The number of aliphatic imine (C=N–C) groups is 1. The number of nitrogens with zero attached hydrogens (tertiary/aromatic N) is 3. The van der Waals surface area contributed by atoms with Gasteiger partial charge in [-0.1, -0.05) is 106 Å². The molecule has 1 aliphatic carbocycles. The number of pyridine rings is 1. The van der Waals surface area contributed by atoms with Gasteiger partial charge in [-0.05, 0) is 64.1 Å². The van der Waals surface area contributed by atoms with Crippen LogP contribution in [0.5, 0.6) is 0 Å². The van der Waals surface area contributed by atoms with Crippen LogP contribution >= 0.6 is 0 Å². The van der Waals surface area contributed by atoms with E-state index in [0.717, 1.165) is 33.4 Å². The van der Waals surface area contributed by atoms with Gasteiger partial charge in [0.1, 0.15) is 11.6 Å². The summed E-state index contributed by atoms with van der Waals surface area (Å²) in [6.45, 7) is 6.08. The molecule has 1 aliphatic rings. The first-order valence-corrected chi connectivity index (χ1v) is 17.9. The summed E-state index contributed by atoms with van der Waals surface area (Å²) >= 11 is 0. The molecule has 278 valence electrons. The molecule has 1 aromatic heterocycles. The van der Waals surface area contributed by atoms with Gasteiger partial charge in [0.15, 0.2) is 0 Å². The molecule has 0 radical (unpaired) electrons. The topological polar surface area (TPSA) is 153 Å². The number of aliphatic hydroxyl groups is 2. The number of hydrogen-bond donors (Lipinski definition) is 4. The largest absolute Gasteiger partial charge is 0.453 e. The summed E-state index contributed by atoms with van der Waals surface area (Å²) in [5.41, 5.74) is 6.03. The van der Waals surface area contributed by atoms with Gasteiger partial charge < -0.3 is 20.3 Å². The molecule has 3 amide bonds. The van der Waals surface area contributed by atoms with Crippen molar-refractivity contribution in [3.63, 3.8) is 0 Å². The van der Waals surface area contributed by atoms with Crippen molar-refractivity contribution in [1.82, 2.24) is 20.7 Å². The molecule has 0 saturated carbocycles. The van der Waals surface area contributed by atoms with Crippen molar-refractivity contribution in [2.24, 2.45) is 10.4 Å². The second-order valence-electron chi connectivity index (χ2n) is 14.6. The number of alkyl carbamates (subject to hydrolysis) is 1. The van der Waals surface area contributed by atoms with Gasteiger partial charge in [-0.2, -0.15) is 0 Å². The monoisotopic (exact) mass is 719 g/mol. The Balaban J connectivity index is 1.36. The normalized spacial score (nSPS) is 17.2. The molecular weight excluding hydrogens is 670 g/mol. The second kappa shape index (κ2) is 17.5. The van der Waals surface area contributed by atoms with Gasteiger partial charge in [-0.15, -0.1) is 0 Å². The third kappa shape index (κ3) is 10.4. The van der Waals surface area contributed by atoms with Crippen molar-refractivity contribution < 1.29 is 29.3 Å². The number of nitrogens with one attached hydrogen (secondary N) is 2. The lowest BCUT2D eigenvalue weighted by molar-refractivity contribution is -0.137. The number of benzene rings is 3. The average Bonchev–Trinajstić information content (AvgIpc) is 3.47. The van der Waals surface area contributed by atoms with E-state index in [9.17, 15) is 24.6 Å². The summed E-state index contributed by atoms with van der Waals surface area (Å²) in [7, 11) is 1.24. The van der Waals surface area contributed by atoms with E-state index in [4.69, 9.17) is 4.74 Å². The molecule has 5 rings (SSSR count). The van der Waals surface area contributed by atoms with E-state index in [1.165, 1.54) is 13.3 Å². The summed E-state index contributed by atoms with van der Waals surface area (Å²) in [5.74, 6) is -1.60. The van der Waals surface area contributed by atoms with Gasteiger partial charge in [-0.25, -0.2) is 14.8 Å². The first-order valence-electron chi connectivity index (χ1n) is 17.9. The van der Waals surface area contributed by atoms with Gasteiger partial charge in [0.05, 0.1) is 13.2 Å². The molecule has 0 saturated heterocycles. The van der Waals surface area contributed by atoms with Crippen molar-refractivity contribution in [2.45, 2.75) is 76.7 Å². The smallest absolute Gasteiger partial charge is 0.407 e. The van der Waals surface area contributed by atoms with Gasteiger partial charge in [0.25, 0.3) is 11.8 Å². The number of amides is 3. The Kier molecular flexibility index (Phi) is 12.9. The molecule has 11 nitrogen and oxygen atoms in total. The van der Waals surface area contributed by atoms with E-state index in [1.807, 2.05) is 112 Å². The SMILES string of the molecule is COC(=O)N[C@H](C(=O)NN(CCC[C@@](O)(Cc1ccccc1)C(=O)N=CC1c2ccccc2C[C@H]1O)Cc1ccc(-c2cccnc2)cc1)C(C)(C)C. The van der Waals surface area contributed by atoms with E-state index in [1.54, 1.807) is 17.4 Å². The van der Waals surface area contributed by atoms with Crippen LogP contribution in [0.4, 0.5) is 4.79 Å². The summed E-state index contributed by atoms with van der Waals surface area (Å²) < 4.78 is 4.79. The Hall–Kier alpha value is -5.23. The molecule has 0 aliphatic heterocycles. The Bertz CT molecular complexity index is 1860. The lowest BCUT2D eigenvalue weighted by Crippen LogP contribution is -2.57. The minimum atomic E-state index is -1.86. The van der Waals surface area contributed by atoms with Gasteiger partial charge in [0.2, 0.25) is 0 Å². The summed E-state index contributed by atoms with van der Waals surface area (Å²) in [4.78, 5) is 48.2. The molecule has 4 atom stereocenters. The fourth-order valence-electron chi connectivity index (χ4n) is 6.62. The minimum Gasteiger partial charge on any atom is -0.453 e. The summed E-state index contributed by atoms with van der Waals surface area (Å²) in [6.07, 6.45) is 4.37. The number of ether oxygens (including phenoxy) is 1. The molecule has 4 aromatic rings. The Morgan fingerprint density at radius 2 is 1.68 bits per heavy atom. The van der Waals surface area contributed by atoms with E-state index >= 15 is 0 Å². The van der Waals surface area contributed by atoms with E-state index in [-0.39, 0.29) is 19.4 Å². The number of hydrogen-bond acceptors (Lipinski definition) is 8. The molecule has 0 spiro atoms. The molecule has 1 heterocycles. The zero-order chi connectivity index (χ0) is 38.0. The van der Waals surface area contributed by atoms with Crippen LogP contribution in [0.2, 0.25) is 0 Å². The maximum absolute atomic E-state index is 13.8. The molecule has 3 aromatic carbocycles. The van der Waals surface area contributed by atoms with Gasteiger partial charge >= 0.3 is 6.09 Å². The van der Waals surface area contributed by atoms with Crippen molar-refractivity contribution >= 4 is 24.1 Å². The Labute approximate surface area is 311 Å². The highest BCUT2D eigenvalue weighted by Crippen LogP contribution is 2.32. The van der Waals surface area contributed by atoms with Crippen molar-refractivity contribution in [2.75, 3.05) is 13.7 Å². The third-order valence-corrected chi connectivity index (χ3v) is 9.53. The molecule has 1 unspecified atom stereocenters. The fraction of sp³-hybridized carbons (Fsp3) is 0.357. The van der Waals surface area contributed by atoms with Gasteiger partial charge in [-0.3, -0.25) is 20.0 Å². The first-order chi connectivity index (χ1) is 25.4. The molecular formula is C42H49N5O6.